The minimum atomic E-state index is -0.285. The quantitative estimate of drug-likeness (QED) is 0.890. The molecule has 0 aliphatic heterocycles. The van der Waals surface area contributed by atoms with Crippen LogP contribution in [0.1, 0.15) is 43.5 Å². The molecule has 3 heteroatoms. The fourth-order valence-corrected chi connectivity index (χ4v) is 3.57. The number of nitrogens with one attached hydrogen (secondary N) is 1. The van der Waals surface area contributed by atoms with E-state index in [-0.39, 0.29) is 5.60 Å². The topological polar surface area (TPSA) is 30.5 Å². The zero-order valence-electron chi connectivity index (χ0n) is 15.5. The normalized spacial score (nSPS) is 16.3. The fourth-order valence-electron chi connectivity index (χ4n) is 3.57. The smallest absolute Gasteiger partial charge is 0.170 e. The van der Waals surface area contributed by atoms with Crippen molar-refractivity contribution in [1.29, 1.82) is 0 Å². The molecule has 128 valence electrons. The summed E-state index contributed by atoms with van der Waals surface area (Å²) in [6.07, 6.45) is 0.953. The minimum absolute atomic E-state index is 0.285. The van der Waals surface area contributed by atoms with Crippen LogP contribution in [0.2, 0.25) is 0 Å². The maximum absolute atomic E-state index is 6.34. The van der Waals surface area contributed by atoms with Crippen molar-refractivity contribution in [3.8, 4) is 22.6 Å². The van der Waals surface area contributed by atoms with E-state index in [1.165, 1.54) is 27.8 Å². The Labute approximate surface area is 145 Å². The monoisotopic (exact) mass is 325 g/mol. The van der Waals surface area contributed by atoms with Crippen LogP contribution < -0.4 is 14.8 Å². The molecule has 2 aromatic carbocycles. The number of benzene rings is 2. The van der Waals surface area contributed by atoms with E-state index in [0.717, 1.165) is 17.9 Å². The van der Waals surface area contributed by atoms with Gasteiger partial charge in [0.25, 0.3) is 0 Å². The standard InChI is InChI=1S/C21H27NO2/c1-13-8-7-9-15-18(13)16(22-5)12-14-10-11-17(23-6)20(19(14)15)24-21(2,3)4/h7-11,16,22H,12H2,1-6H3. The lowest BCUT2D eigenvalue weighted by molar-refractivity contribution is 0.126. The van der Waals surface area contributed by atoms with Crippen molar-refractivity contribution in [3.63, 3.8) is 0 Å². The summed E-state index contributed by atoms with van der Waals surface area (Å²) < 4.78 is 12.0. The third kappa shape index (κ3) is 2.89. The first-order valence-electron chi connectivity index (χ1n) is 8.51. The predicted molar refractivity (Wildman–Crippen MR) is 99.1 cm³/mol. The maximum Gasteiger partial charge on any atom is 0.170 e. The van der Waals surface area contributed by atoms with E-state index in [0.29, 0.717) is 6.04 Å². The van der Waals surface area contributed by atoms with E-state index < -0.39 is 0 Å². The third-order valence-electron chi connectivity index (χ3n) is 4.55. The number of fused-ring (bicyclic) bond motifs is 3. The summed E-state index contributed by atoms with van der Waals surface area (Å²) in [4.78, 5) is 0. The van der Waals surface area contributed by atoms with Crippen LogP contribution in [0.15, 0.2) is 30.3 Å². The molecule has 1 unspecified atom stereocenters. The molecular formula is C21H27NO2. The highest BCUT2D eigenvalue weighted by molar-refractivity contribution is 5.82. The molecule has 2 aromatic rings. The van der Waals surface area contributed by atoms with E-state index in [1.807, 2.05) is 13.1 Å². The summed E-state index contributed by atoms with van der Waals surface area (Å²) >= 11 is 0. The highest BCUT2D eigenvalue weighted by Crippen LogP contribution is 2.49. The second kappa shape index (κ2) is 6.14. The Kier molecular flexibility index (Phi) is 4.31. The van der Waals surface area contributed by atoms with Crippen molar-refractivity contribution in [3.05, 3.63) is 47.0 Å². The average molecular weight is 325 g/mol. The van der Waals surface area contributed by atoms with E-state index >= 15 is 0 Å². The second-order valence-electron chi connectivity index (χ2n) is 7.43. The van der Waals surface area contributed by atoms with Crippen LogP contribution in [0.5, 0.6) is 11.5 Å². The summed E-state index contributed by atoms with van der Waals surface area (Å²) in [6, 6.07) is 11.0. The number of methoxy groups -OCH3 is 1. The van der Waals surface area contributed by atoms with Crippen LogP contribution in [0.4, 0.5) is 0 Å². The molecule has 0 fully saturated rings. The van der Waals surface area contributed by atoms with E-state index in [4.69, 9.17) is 9.47 Å². The Balaban J connectivity index is 2.29. The van der Waals surface area contributed by atoms with Crippen LogP contribution in [0, 0.1) is 6.92 Å². The third-order valence-corrected chi connectivity index (χ3v) is 4.55. The Morgan fingerprint density at radius 2 is 1.88 bits per heavy atom. The molecule has 0 heterocycles. The molecular weight excluding hydrogens is 298 g/mol. The number of hydrogen-bond donors (Lipinski definition) is 1. The van der Waals surface area contributed by atoms with Gasteiger partial charge in [0.2, 0.25) is 0 Å². The van der Waals surface area contributed by atoms with E-state index in [1.54, 1.807) is 7.11 Å². The largest absolute Gasteiger partial charge is 0.493 e. The van der Waals surface area contributed by atoms with Gasteiger partial charge in [0, 0.05) is 11.6 Å². The van der Waals surface area contributed by atoms with Crippen molar-refractivity contribution in [2.75, 3.05) is 14.2 Å². The molecule has 24 heavy (non-hydrogen) atoms. The summed E-state index contributed by atoms with van der Waals surface area (Å²) in [5, 5.41) is 3.47. The van der Waals surface area contributed by atoms with Crippen molar-refractivity contribution in [2.24, 2.45) is 0 Å². The van der Waals surface area contributed by atoms with Gasteiger partial charge in [-0.1, -0.05) is 24.3 Å². The van der Waals surface area contributed by atoms with Crippen molar-refractivity contribution in [1.82, 2.24) is 5.32 Å². The number of aryl methyl sites for hydroxylation is 1. The van der Waals surface area contributed by atoms with Gasteiger partial charge >= 0.3 is 0 Å². The minimum Gasteiger partial charge on any atom is -0.493 e. The lowest BCUT2D eigenvalue weighted by atomic mass is 9.80. The molecule has 1 aliphatic carbocycles. The Morgan fingerprint density at radius 1 is 1.12 bits per heavy atom. The Bertz CT molecular complexity index is 759. The summed E-state index contributed by atoms with van der Waals surface area (Å²) in [6.45, 7) is 8.39. The number of hydrogen-bond acceptors (Lipinski definition) is 3. The number of ether oxygens (including phenoxy) is 2. The van der Waals surface area contributed by atoms with E-state index in [9.17, 15) is 0 Å². The van der Waals surface area contributed by atoms with Crippen molar-refractivity contribution >= 4 is 0 Å². The van der Waals surface area contributed by atoms with Gasteiger partial charge in [-0.15, -0.1) is 0 Å². The summed E-state index contributed by atoms with van der Waals surface area (Å²) in [7, 11) is 3.73. The van der Waals surface area contributed by atoms with Crippen molar-refractivity contribution in [2.45, 2.75) is 45.8 Å². The molecule has 0 amide bonds. The average Bonchev–Trinajstić information content (AvgIpc) is 2.52. The second-order valence-corrected chi connectivity index (χ2v) is 7.43. The lowest BCUT2D eigenvalue weighted by Crippen LogP contribution is -2.27. The van der Waals surface area contributed by atoms with Gasteiger partial charge in [-0.2, -0.15) is 0 Å². The Hall–Kier alpha value is -2.00. The zero-order chi connectivity index (χ0) is 17.5. The SMILES string of the molecule is CNC1Cc2ccc(OC)c(OC(C)(C)C)c2-c2cccc(C)c21. The van der Waals surface area contributed by atoms with Gasteiger partial charge in [-0.3, -0.25) is 0 Å². The molecule has 3 nitrogen and oxygen atoms in total. The van der Waals surface area contributed by atoms with Gasteiger partial charge < -0.3 is 14.8 Å². The Morgan fingerprint density at radius 3 is 2.50 bits per heavy atom. The number of rotatable bonds is 3. The first-order valence-corrected chi connectivity index (χ1v) is 8.51. The molecule has 0 bridgehead atoms. The van der Waals surface area contributed by atoms with Gasteiger partial charge in [-0.25, -0.2) is 0 Å². The van der Waals surface area contributed by atoms with Gasteiger partial charge in [-0.05, 0) is 69.5 Å². The molecule has 3 rings (SSSR count). The van der Waals surface area contributed by atoms with Gasteiger partial charge in [0.1, 0.15) is 5.60 Å². The van der Waals surface area contributed by atoms with Gasteiger partial charge in [0.05, 0.1) is 7.11 Å². The molecule has 0 aromatic heterocycles. The fraction of sp³-hybridized carbons (Fsp3) is 0.429. The summed E-state index contributed by atoms with van der Waals surface area (Å²) in [5.74, 6) is 1.64. The van der Waals surface area contributed by atoms with E-state index in [2.05, 4.69) is 57.3 Å². The molecule has 1 aliphatic rings. The molecule has 1 N–H and O–H groups in total. The maximum atomic E-state index is 6.34. The van der Waals surface area contributed by atoms with Crippen molar-refractivity contribution < 1.29 is 9.47 Å². The van der Waals surface area contributed by atoms with Gasteiger partial charge in [0.15, 0.2) is 11.5 Å². The zero-order valence-corrected chi connectivity index (χ0v) is 15.5. The number of likely N-dealkylation sites (N-methyl/N-ethyl adjacent to an activating group) is 1. The molecule has 0 saturated heterocycles. The van der Waals surface area contributed by atoms with Crippen LogP contribution in [0.25, 0.3) is 11.1 Å². The first kappa shape index (κ1) is 16.8. The predicted octanol–water partition coefficient (Wildman–Crippen LogP) is 4.66. The van der Waals surface area contributed by atoms with Crippen LogP contribution in [0.3, 0.4) is 0 Å². The lowest BCUT2D eigenvalue weighted by Gasteiger charge is -2.33. The highest BCUT2D eigenvalue weighted by Gasteiger charge is 2.30. The van der Waals surface area contributed by atoms with Crippen LogP contribution >= 0.6 is 0 Å². The molecule has 0 radical (unpaired) electrons. The summed E-state index contributed by atoms with van der Waals surface area (Å²) in [5.41, 5.74) is 6.10. The molecule has 0 spiro atoms. The van der Waals surface area contributed by atoms with Crippen LogP contribution in [-0.4, -0.2) is 19.8 Å². The van der Waals surface area contributed by atoms with Crippen LogP contribution in [-0.2, 0) is 6.42 Å². The molecule has 0 saturated carbocycles. The highest BCUT2D eigenvalue weighted by atomic mass is 16.5. The first-order chi connectivity index (χ1) is 11.4. The molecule has 1 atom stereocenters.